The van der Waals surface area contributed by atoms with Crippen molar-refractivity contribution in [2.24, 2.45) is 0 Å². The summed E-state index contributed by atoms with van der Waals surface area (Å²) in [5, 5.41) is 4.91. The van der Waals surface area contributed by atoms with Crippen LogP contribution in [-0.4, -0.2) is 94.9 Å². The van der Waals surface area contributed by atoms with Crippen LogP contribution in [0.5, 0.6) is 0 Å². The van der Waals surface area contributed by atoms with Crippen molar-refractivity contribution < 1.29 is 9.53 Å². The summed E-state index contributed by atoms with van der Waals surface area (Å²) in [6.45, 7) is 7.52. The maximum atomic E-state index is 13.5. The number of aromatic nitrogens is 3. The van der Waals surface area contributed by atoms with E-state index in [0.717, 1.165) is 66.7 Å². The summed E-state index contributed by atoms with van der Waals surface area (Å²) in [6, 6.07) is 12.5. The lowest BCUT2D eigenvalue weighted by atomic mass is 10.0. The molecule has 2 fully saturated rings. The molecule has 2 aromatic heterocycles. The third-order valence-electron chi connectivity index (χ3n) is 7.03. The molecule has 3 aliphatic heterocycles. The molecule has 3 aromatic rings. The van der Waals surface area contributed by atoms with Gasteiger partial charge in [-0.25, -0.2) is 4.68 Å². The third kappa shape index (κ3) is 4.49. The standard InChI is InChI=1S/C26H30N6O2S/c1-29-8-10-30(11-9-29)17-19-6-7-20(16-27-19)32-25-21-4-2-3-5-23(21)35-18-22(25)24(28-32)26(33)31-12-14-34-15-13-31/h2-7,16H,8-15,17-18H2,1H3. The van der Waals surface area contributed by atoms with Crippen molar-refractivity contribution in [3.8, 4) is 16.9 Å². The van der Waals surface area contributed by atoms with Gasteiger partial charge in [0, 0.05) is 67.6 Å². The summed E-state index contributed by atoms with van der Waals surface area (Å²) in [5.41, 5.74) is 5.61. The first-order chi connectivity index (χ1) is 17.2. The summed E-state index contributed by atoms with van der Waals surface area (Å²) in [5.74, 6) is 0.718. The number of carbonyl (C=O) groups is 1. The van der Waals surface area contributed by atoms with Gasteiger partial charge < -0.3 is 14.5 Å². The van der Waals surface area contributed by atoms with Gasteiger partial charge in [-0.3, -0.25) is 14.7 Å². The normalized spacial score (nSPS) is 18.8. The number of pyridine rings is 1. The lowest BCUT2D eigenvalue weighted by Crippen LogP contribution is -2.44. The molecular weight excluding hydrogens is 460 g/mol. The molecule has 6 rings (SSSR count). The maximum absolute atomic E-state index is 13.5. The van der Waals surface area contributed by atoms with Gasteiger partial charge in [0.1, 0.15) is 0 Å². The first-order valence-electron chi connectivity index (χ1n) is 12.2. The van der Waals surface area contributed by atoms with E-state index < -0.39 is 0 Å². The predicted octanol–water partition coefficient (Wildman–Crippen LogP) is 2.76. The lowest BCUT2D eigenvalue weighted by molar-refractivity contribution is 0.0298. The molecule has 182 valence electrons. The van der Waals surface area contributed by atoms with Crippen molar-refractivity contribution >= 4 is 17.7 Å². The molecule has 1 aromatic carbocycles. The van der Waals surface area contributed by atoms with Crippen LogP contribution in [0.3, 0.4) is 0 Å². The molecule has 3 aliphatic rings. The number of likely N-dealkylation sites (N-methyl/N-ethyl adjacent to an activating group) is 1. The number of rotatable bonds is 4. The Morgan fingerprint density at radius 3 is 2.60 bits per heavy atom. The Morgan fingerprint density at radius 1 is 1.03 bits per heavy atom. The Morgan fingerprint density at radius 2 is 1.83 bits per heavy atom. The van der Waals surface area contributed by atoms with Gasteiger partial charge in [-0.2, -0.15) is 5.10 Å². The van der Waals surface area contributed by atoms with Gasteiger partial charge in [0.05, 0.1) is 36.5 Å². The number of ether oxygens (including phenoxy) is 1. The highest BCUT2D eigenvalue weighted by atomic mass is 32.2. The number of nitrogens with zero attached hydrogens (tertiary/aromatic N) is 6. The van der Waals surface area contributed by atoms with Gasteiger partial charge in [0.15, 0.2) is 5.69 Å². The van der Waals surface area contributed by atoms with Crippen molar-refractivity contribution in [1.82, 2.24) is 29.5 Å². The van der Waals surface area contributed by atoms with E-state index in [9.17, 15) is 4.79 Å². The van der Waals surface area contributed by atoms with Crippen molar-refractivity contribution in [1.29, 1.82) is 0 Å². The van der Waals surface area contributed by atoms with Crippen LogP contribution in [0.2, 0.25) is 0 Å². The van der Waals surface area contributed by atoms with Crippen LogP contribution in [0.4, 0.5) is 0 Å². The minimum atomic E-state index is -0.0112. The summed E-state index contributed by atoms with van der Waals surface area (Å²) in [4.78, 5) is 26.2. The molecule has 0 unspecified atom stereocenters. The van der Waals surface area contributed by atoms with Crippen LogP contribution in [-0.2, 0) is 17.0 Å². The van der Waals surface area contributed by atoms with E-state index in [-0.39, 0.29) is 5.91 Å². The van der Waals surface area contributed by atoms with Gasteiger partial charge in [-0.05, 0) is 25.2 Å². The number of piperazine rings is 1. The van der Waals surface area contributed by atoms with Gasteiger partial charge in [0.25, 0.3) is 5.91 Å². The third-order valence-corrected chi connectivity index (χ3v) is 8.13. The second kappa shape index (κ2) is 9.73. The number of benzene rings is 1. The lowest BCUT2D eigenvalue weighted by Gasteiger charge is -2.32. The molecule has 0 N–H and O–H groups in total. The SMILES string of the molecule is CN1CCN(Cc2ccc(-n3nc(C(=O)N4CCOCC4)c4c3-c3ccccc3SC4)cn2)CC1. The average molecular weight is 491 g/mol. The Balaban J connectivity index is 1.34. The van der Waals surface area contributed by atoms with E-state index in [1.807, 2.05) is 21.8 Å². The summed E-state index contributed by atoms with van der Waals surface area (Å²) in [6.07, 6.45) is 1.89. The molecule has 0 radical (unpaired) electrons. The molecule has 9 heteroatoms. The zero-order valence-corrected chi connectivity index (χ0v) is 20.8. The number of morpholine rings is 1. The predicted molar refractivity (Wildman–Crippen MR) is 136 cm³/mol. The highest BCUT2D eigenvalue weighted by molar-refractivity contribution is 7.98. The second-order valence-electron chi connectivity index (χ2n) is 9.36. The van der Waals surface area contributed by atoms with E-state index >= 15 is 0 Å². The van der Waals surface area contributed by atoms with Crippen LogP contribution < -0.4 is 0 Å². The van der Waals surface area contributed by atoms with E-state index in [0.29, 0.717) is 32.0 Å². The highest BCUT2D eigenvalue weighted by Crippen LogP contribution is 2.43. The smallest absolute Gasteiger partial charge is 0.274 e. The Hall–Kier alpha value is -2.72. The monoisotopic (exact) mass is 490 g/mol. The molecular formula is C26H30N6O2S. The molecule has 0 spiro atoms. The average Bonchev–Trinajstić information content (AvgIpc) is 3.31. The second-order valence-corrected chi connectivity index (χ2v) is 10.4. The number of thioether (sulfide) groups is 1. The molecule has 0 aliphatic carbocycles. The van der Waals surface area contributed by atoms with E-state index in [1.165, 1.54) is 4.90 Å². The van der Waals surface area contributed by atoms with Crippen molar-refractivity contribution in [3.05, 3.63) is 59.5 Å². The Labute approximate surface area is 209 Å². The molecule has 8 nitrogen and oxygen atoms in total. The van der Waals surface area contributed by atoms with Crippen molar-refractivity contribution in [3.63, 3.8) is 0 Å². The number of fused-ring (bicyclic) bond motifs is 3. The van der Waals surface area contributed by atoms with Crippen LogP contribution >= 0.6 is 11.8 Å². The van der Waals surface area contributed by atoms with Gasteiger partial charge in [0.2, 0.25) is 0 Å². The van der Waals surface area contributed by atoms with Crippen molar-refractivity contribution in [2.75, 3.05) is 59.5 Å². The minimum Gasteiger partial charge on any atom is -0.378 e. The molecule has 5 heterocycles. The fraction of sp³-hybridized carbons (Fsp3) is 0.423. The van der Waals surface area contributed by atoms with Crippen LogP contribution in [0, 0.1) is 0 Å². The molecule has 35 heavy (non-hydrogen) atoms. The first-order valence-corrected chi connectivity index (χ1v) is 13.2. The fourth-order valence-electron chi connectivity index (χ4n) is 4.95. The van der Waals surface area contributed by atoms with Gasteiger partial charge in [-0.15, -0.1) is 11.8 Å². The summed E-state index contributed by atoms with van der Waals surface area (Å²) >= 11 is 1.77. The van der Waals surface area contributed by atoms with Gasteiger partial charge >= 0.3 is 0 Å². The summed E-state index contributed by atoms with van der Waals surface area (Å²) < 4.78 is 7.38. The fourth-order valence-corrected chi connectivity index (χ4v) is 6.02. The van der Waals surface area contributed by atoms with Crippen LogP contribution in [0.1, 0.15) is 21.7 Å². The number of hydrogen-bond acceptors (Lipinski definition) is 7. The first kappa shape index (κ1) is 22.7. The van der Waals surface area contributed by atoms with Crippen LogP contribution in [0.15, 0.2) is 47.5 Å². The van der Waals surface area contributed by atoms with Crippen molar-refractivity contribution in [2.45, 2.75) is 17.2 Å². The molecule has 1 amide bonds. The van der Waals surface area contributed by atoms with E-state index in [4.69, 9.17) is 14.8 Å². The molecule has 0 bridgehead atoms. The quantitative estimate of drug-likeness (QED) is 0.557. The zero-order valence-electron chi connectivity index (χ0n) is 20.0. The Kier molecular flexibility index (Phi) is 6.32. The van der Waals surface area contributed by atoms with E-state index in [1.54, 1.807) is 11.8 Å². The van der Waals surface area contributed by atoms with E-state index in [2.05, 4.69) is 47.2 Å². The molecule has 2 saturated heterocycles. The summed E-state index contributed by atoms with van der Waals surface area (Å²) in [7, 11) is 2.17. The minimum absolute atomic E-state index is 0.0112. The molecule has 0 atom stereocenters. The topological polar surface area (TPSA) is 66.7 Å². The largest absolute Gasteiger partial charge is 0.378 e. The maximum Gasteiger partial charge on any atom is 0.274 e. The van der Waals surface area contributed by atoms with Gasteiger partial charge in [-0.1, -0.05) is 18.2 Å². The number of hydrogen-bond donors (Lipinski definition) is 0. The zero-order chi connectivity index (χ0) is 23.8. The Bertz CT molecular complexity index is 1210. The van der Waals surface area contributed by atoms with Crippen LogP contribution in [0.25, 0.3) is 16.9 Å². The number of carbonyl (C=O) groups excluding carboxylic acids is 1. The number of amides is 1. The highest BCUT2D eigenvalue weighted by Gasteiger charge is 2.32. The molecule has 0 saturated carbocycles.